The van der Waals surface area contributed by atoms with Gasteiger partial charge in [-0.05, 0) is 31.7 Å². The molecular formula is C17H26F3N6O14P3. The summed E-state index contributed by atoms with van der Waals surface area (Å²) in [6.07, 6.45) is -6.22. The van der Waals surface area contributed by atoms with Crippen LogP contribution >= 0.6 is 23.5 Å². The molecule has 0 spiro atoms. The van der Waals surface area contributed by atoms with Crippen LogP contribution in [0.3, 0.4) is 0 Å². The molecule has 1 aliphatic rings. The Balaban J connectivity index is 2.11. The number of carbonyl (C=O) groups excluding carboxylic acids is 1. The van der Waals surface area contributed by atoms with Gasteiger partial charge in [-0.2, -0.15) is 21.8 Å². The van der Waals surface area contributed by atoms with E-state index in [1.54, 1.807) is 5.32 Å². The SMILES string of the molecule is Cc1cn([C@H]2C[C@H](N=[N+]=[N-])[C@@H](COP(=O)(O)OP(=O)(O)OP(=O)(O)O)O2)c(=O)n(CCCCCNC(=O)C(F)(F)F)c1=O. The van der Waals surface area contributed by atoms with Gasteiger partial charge in [-0.3, -0.25) is 23.2 Å². The summed E-state index contributed by atoms with van der Waals surface area (Å²) < 4.78 is 90.1. The number of phosphoric ester groups is 1. The van der Waals surface area contributed by atoms with Gasteiger partial charge in [-0.1, -0.05) is 5.11 Å². The summed E-state index contributed by atoms with van der Waals surface area (Å²) in [6.45, 7) is -0.0470. The molecule has 5 atom stereocenters. The number of halogens is 3. The number of ether oxygens (including phenoxy) is 1. The minimum absolute atomic E-state index is 0.0673. The molecule has 2 rings (SSSR count). The van der Waals surface area contributed by atoms with Crippen molar-refractivity contribution in [2.45, 2.75) is 63.7 Å². The highest BCUT2D eigenvalue weighted by molar-refractivity contribution is 7.66. The van der Waals surface area contributed by atoms with E-state index in [1.807, 2.05) is 0 Å². The Morgan fingerprint density at radius 3 is 2.40 bits per heavy atom. The maximum absolute atomic E-state index is 13.1. The van der Waals surface area contributed by atoms with Crippen LogP contribution in [0, 0.1) is 6.92 Å². The molecule has 244 valence electrons. The summed E-state index contributed by atoms with van der Waals surface area (Å²) in [5.41, 5.74) is 7.38. The smallest absolute Gasteiger partial charge is 0.352 e. The standard InChI is InChI=1S/C17H26F3N6O14P3/c1-10-8-26(16(29)25(14(10)27)6-4-2-3-5-22-15(28)17(18,19)20)13-7-11(23-24-21)12(38-13)9-37-42(33,34)40-43(35,36)39-41(30,31)32/h8,11-13H,2-7,9H2,1H3,(H,22,28)(H,33,34)(H,35,36)(H2,30,31,32)/t11-,12+,13+/m0/s1. The number of aromatic nitrogens is 2. The summed E-state index contributed by atoms with van der Waals surface area (Å²) in [5, 5.41) is 5.14. The molecule has 1 amide bonds. The lowest BCUT2D eigenvalue weighted by Crippen LogP contribution is -2.42. The van der Waals surface area contributed by atoms with Crippen LogP contribution in [0.2, 0.25) is 0 Å². The van der Waals surface area contributed by atoms with Crippen molar-refractivity contribution in [3.05, 3.63) is 43.0 Å². The lowest BCUT2D eigenvalue weighted by molar-refractivity contribution is -0.173. The van der Waals surface area contributed by atoms with Crippen molar-refractivity contribution in [1.82, 2.24) is 14.5 Å². The predicted octanol–water partition coefficient (Wildman–Crippen LogP) is 1.48. The van der Waals surface area contributed by atoms with Crippen LogP contribution in [0.1, 0.15) is 37.5 Å². The number of hydrogen-bond donors (Lipinski definition) is 5. The summed E-state index contributed by atoms with van der Waals surface area (Å²) in [4.78, 5) is 75.2. The van der Waals surface area contributed by atoms with Gasteiger partial charge in [0.2, 0.25) is 0 Å². The molecule has 0 radical (unpaired) electrons. The first-order chi connectivity index (χ1) is 19.7. The van der Waals surface area contributed by atoms with E-state index in [-0.39, 0.29) is 44.3 Å². The van der Waals surface area contributed by atoms with E-state index in [4.69, 9.17) is 20.1 Å². The highest BCUT2D eigenvalue weighted by Crippen LogP contribution is 2.66. The summed E-state index contributed by atoms with van der Waals surface area (Å²) in [5.74, 6) is -2.10. The molecule has 43 heavy (non-hydrogen) atoms. The van der Waals surface area contributed by atoms with Crippen LogP contribution in [0.4, 0.5) is 13.2 Å². The van der Waals surface area contributed by atoms with Crippen LogP contribution in [0.15, 0.2) is 20.9 Å². The monoisotopic (exact) mass is 688 g/mol. The fraction of sp³-hybridized carbons (Fsp3) is 0.706. The minimum atomic E-state index is -5.80. The number of aryl methyl sites for hydroxylation is 1. The highest BCUT2D eigenvalue weighted by atomic mass is 31.3. The Labute approximate surface area is 238 Å². The number of hydrogen-bond acceptors (Lipinski definition) is 11. The first kappa shape index (κ1) is 36.8. The Morgan fingerprint density at radius 2 is 1.81 bits per heavy atom. The molecule has 2 unspecified atom stereocenters. The highest BCUT2D eigenvalue weighted by Gasteiger charge is 2.43. The molecule has 0 aliphatic carbocycles. The molecule has 20 nitrogen and oxygen atoms in total. The average Bonchev–Trinajstić information content (AvgIpc) is 3.23. The van der Waals surface area contributed by atoms with Crippen molar-refractivity contribution in [2.75, 3.05) is 13.2 Å². The third kappa shape index (κ3) is 11.6. The van der Waals surface area contributed by atoms with E-state index in [0.717, 1.165) is 15.3 Å². The molecule has 0 aromatic carbocycles. The van der Waals surface area contributed by atoms with Crippen LogP contribution in [0.25, 0.3) is 10.4 Å². The van der Waals surface area contributed by atoms with Gasteiger partial charge in [0.1, 0.15) is 6.23 Å². The fourth-order valence-electron chi connectivity index (χ4n) is 3.73. The number of nitrogens with zero attached hydrogens (tertiary/aromatic N) is 5. The number of rotatable bonds is 15. The maximum Gasteiger partial charge on any atom is 0.490 e. The van der Waals surface area contributed by atoms with Gasteiger partial charge in [0, 0.05) is 36.2 Å². The predicted molar refractivity (Wildman–Crippen MR) is 134 cm³/mol. The molecule has 1 saturated heterocycles. The van der Waals surface area contributed by atoms with Crippen molar-refractivity contribution in [3.8, 4) is 0 Å². The maximum atomic E-state index is 13.1. The molecule has 1 aliphatic heterocycles. The Kier molecular flexibility index (Phi) is 12.5. The number of nitrogens with one attached hydrogen (secondary N) is 1. The van der Waals surface area contributed by atoms with E-state index in [2.05, 4.69) is 23.2 Å². The molecule has 1 fully saturated rings. The number of phosphoric acid groups is 3. The number of carbonyl (C=O) groups is 1. The van der Waals surface area contributed by atoms with Crippen molar-refractivity contribution < 1.29 is 69.1 Å². The van der Waals surface area contributed by atoms with Crippen molar-refractivity contribution in [1.29, 1.82) is 0 Å². The zero-order valence-corrected chi connectivity index (χ0v) is 24.5. The summed E-state index contributed by atoms with van der Waals surface area (Å²) in [6, 6.07) is -1.17. The first-order valence-corrected chi connectivity index (χ1v) is 16.3. The van der Waals surface area contributed by atoms with Gasteiger partial charge < -0.3 is 29.6 Å². The second-order valence-electron chi connectivity index (χ2n) is 8.80. The number of amides is 1. The van der Waals surface area contributed by atoms with E-state index >= 15 is 0 Å². The van der Waals surface area contributed by atoms with E-state index in [9.17, 15) is 51.0 Å². The first-order valence-electron chi connectivity index (χ1n) is 11.8. The quantitative estimate of drug-likeness (QED) is 0.0574. The Hall–Kier alpha value is -2.38. The molecule has 1 aromatic heterocycles. The molecule has 0 bridgehead atoms. The fourth-order valence-corrected chi connectivity index (χ4v) is 6.76. The van der Waals surface area contributed by atoms with E-state index in [0.29, 0.717) is 0 Å². The van der Waals surface area contributed by atoms with Gasteiger partial charge in [0.25, 0.3) is 5.56 Å². The van der Waals surface area contributed by atoms with Gasteiger partial charge in [-0.15, -0.1) is 0 Å². The van der Waals surface area contributed by atoms with Crippen molar-refractivity contribution in [2.24, 2.45) is 5.11 Å². The van der Waals surface area contributed by atoms with Gasteiger partial charge in [0.05, 0.1) is 18.8 Å². The topological polar surface area (TPSA) is 291 Å². The molecular weight excluding hydrogens is 662 g/mol. The Morgan fingerprint density at radius 1 is 1.16 bits per heavy atom. The van der Waals surface area contributed by atoms with E-state index in [1.165, 1.54) is 6.92 Å². The van der Waals surface area contributed by atoms with Crippen molar-refractivity contribution in [3.63, 3.8) is 0 Å². The molecule has 0 saturated carbocycles. The normalized spacial score (nSPS) is 21.9. The molecule has 5 N–H and O–H groups in total. The molecule has 26 heteroatoms. The van der Waals surface area contributed by atoms with Gasteiger partial charge in [-0.25, -0.2) is 18.5 Å². The average molecular weight is 688 g/mol. The Bertz CT molecular complexity index is 1490. The van der Waals surface area contributed by atoms with Crippen LogP contribution in [0.5, 0.6) is 0 Å². The van der Waals surface area contributed by atoms with E-state index < -0.39 is 71.8 Å². The lowest BCUT2D eigenvalue weighted by atomic mass is 10.1. The second-order valence-corrected chi connectivity index (χ2v) is 13.2. The lowest BCUT2D eigenvalue weighted by Gasteiger charge is -2.20. The zero-order chi connectivity index (χ0) is 32.8. The van der Waals surface area contributed by atoms with Crippen LogP contribution in [-0.2, 0) is 42.9 Å². The second kappa shape index (κ2) is 14.6. The largest absolute Gasteiger partial charge is 0.490 e. The van der Waals surface area contributed by atoms with Gasteiger partial charge >= 0.3 is 41.2 Å². The third-order valence-corrected chi connectivity index (χ3v) is 9.30. The van der Waals surface area contributed by atoms with Crippen molar-refractivity contribution >= 4 is 29.4 Å². The summed E-state index contributed by atoms with van der Waals surface area (Å²) in [7, 11) is -17.0. The zero-order valence-electron chi connectivity index (χ0n) is 21.8. The number of azide groups is 1. The minimum Gasteiger partial charge on any atom is -0.352 e. The van der Waals surface area contributed by atoms with Gasteiger partial charge in [0.15, 0.2) is 0 Å². The number of unbranched alkanes of at least 4 members (excludes halogenated alkanes) is 2. The molecule has 2 heterocycles. The number of alkyl halides is 3. The third-order valence-electron chi connectivity index (χ3n) is 5.50. The van der Waals surface area contributed by atoms with Crippen LogP contribution < -0.4 is 16.6 Å². The van der Waals surface area contributed by atoms with Crippen LogP contribution in [-0.4, -0.2) is 66.1 Å². The summed E-state index contributed by atoms with van der Waals surface area (Å²) >= 11 is 0. The molecule has 1 aromatic rings.